The molecule has 0 aromatic carbocycles. The molecule has 0 unspecified atom stereocenters. The van der Waals surface area contributed by atoms with Crippen molar-refractivity contribution in [3.63, 3.8) is 0 Å². The average Bonchev–Trinajstić information content (AvgIpc) is 2.35. The Kier molecular flexibility index (Phi) is 1.81. The zero-order valence-electron chi connectivity index (χ0n) is 6.95. The lowest BCUT2D eigenvalue weighted by molar-refractivity contribution is -0.184. The number of hydrogen-bond donors (Lipinski definition) is 1. The van der Waals surface area contributed by atoms with Crippen molar-refractivity contribution in [3.05, 3.63) is 0 Å². The Morgan fingerprint density at radius 1 is 1.33 bits per heavy atom. The van der Waals surface area contributed by atoms with Gasteiger partial charge in [-0.1, -0.05) is 0 Å². The fourth-order valence-electron chi connectivity index (χ4n) is 1.88. The highest BCUT2D eigenvalue weighted by Crippen LogP contribution is 2.28. The second-order valence-corrected chi connectivity index (χ2v) is 3.52. The number of aliphatic carboxylic acids is 1. The summed E-state index contributed by atoms with van der Waals surface area (Å²) in [5.41, 5.74) is -0.670. The molecule has 0 saturated carbocycles. The number of carboxylic acids is 1. The van der Waals surface area contributed by atoms with Crippen molar-refractivity contribution in [2.24, 2.45) is 0 Å². The number of likely N-dealkylation sites (tertiary alicyclic amines) is 1. The first kappa shape index (κ1) is 8.01. The third-order valence-electron chi connectivity index (χ3n) is 2.79. The molecule has 0 aromatic rings. The van der Waals surface area contributed by atoms with Crippen LogP contribution >= 0.6 is 0 Å². The quantitative estimate of drug-likeness (QED) is 0.632. The molecule has 2 aliphatic heterocycles. The van der Waals surface area contributed by atoms with Gasteiger partial charge in [-0.25, -0.2) is 0 Å². The summed E-state index contributed by atoms with van der Waals surface area (Å²) < 4.78 is 4.99. The van der Waals surface area contributed by atoms with E-state index in [9.17, 15) is 4.79 Å². The Morgan fingerprint density at radius 3 is 2.25 bits per heavy atom. The molecule has 0 radical (unpaired) electrons. The molecule has 68 valence electrons. The van der Waals surface area contributed by atoms with Crippen LogP contribution in [-0.2, 0) is 9.53 Å². The molecule has 4 nitrogen and oxygen atoms in total. The fourth-order valence-corrected chi connectivity index (χ4v) is 1.88. The smallest absolute Gasteiger partial charge is 0.328 e. The van der Waals surface area contributed by atoms with E-state index in [0.717, 1.165) is 25.9 Å². The van der Waals surface area contributed by atoms with Crippen LogP contribution in [0.2, 0.25) is 0 Å². The van der Waals surface area contributed by atoms with Gasteiger partial charge in [0, 0.05) is 0 Å². The first-order chi connectivity index (χ1) is 5.76. The number of carbonyl (C=O) groups is 1. The van der Waals surface area contributed by atoms with Gasteiger partial charge in [-0.2, -0.15) is 0 Å². The Bertz CT molecular complexity index is 194. The summed E-state index contributed by atoms with van der Waals surface area (Å²) >= 11 is 0. The first-order valence-corrected chi connectivity index (χ1v) is 4.32. The van der Waals surface area contributed by atoms with Crippen LogP contribution in [0.5, 0.6) is 0 Å². The largest absolute Gasteiger partial charge is 0.480 e. The van der Waals surface area contributed by atoms with Gasteiger partial charge in [0.1, 0.15) is 0 Å². The highest BCUT2D eigenvalue weighted by atomic mass is 16.5. The third-order valence-corrected chi connectivity index (χ3v) is 2.79. The summed E-state index contributed by atoms with van der Waals surface area (Å²) in [5.74, 6) is -0.726. The van der Waals surface area contributed by atoms with Crippen molar-refractivity contribution in [2.45, 2.75) is 18.4 Å². The molecular weight excluding hydrogens is 158 g/mol. The zero-order chi connectivity index (χ0) is 8.60. The van der Waals surface area contributed by atoms with Crippen molar-refractivity contribution >= 4 is 5.97 Å². The Labute approximate surface area is 71.1 Å². The summed E-state index contributed by atoms with van der Waals surface area (Å²) in [6.07, 6.45) is 2.24. The highest BCUT2D eigenvalue weighted by Gasteiger charge is 2.51. The summed E-state index contributed by atoms with van der Waals surface area (Å²) in [6, 6.07) is 0. The molecule has 2 fully saturated rings. The molecule has 1 N–H and O–H groups in total. The van der Waals surface area contributed by atoms with Crippen LogP contribution in [0, 0.1) is 0 Å². The Hall–Kier alpha value is -0.610. The predicted molar refractivity (Wildman–Crippen MR) is 42.0 cm³/mol. The minimum Gasteiger partial charge on any atom is -0.480 e. The average molecular weight is 171 g/mol. The maximum atomic E-state index is 11.0. The lowest BCUT2D eigenvalue weighted by Gasteiger charge is -2.44. The lowest BCUT2D eigenvalue weighted by Crippen LogP contribution is -2.66. The number of nitrogens with zero attached hydrogens (tertiary/aromatic N) is 1. The number of carboxylic acid groups (broad SMARTS) is 1. The maximum Gasteiger partial charge on any atom is 0.328 e. The van der Waals surface area contributed by atoms with Crippen LogP contribution in [-0.4, -0.2) is 47.8 Å². The monoisotopic (exact) mass is 171 g/mol. The van der Waals surface area contributed by atoms with Crippen LogP contribution in [0.25, 0.3) is 0 Å². The van der Waals surface area contributed by atoms with E-state index in [1.54, 1.807) is 0 Å². The third kappa shape index (κ3) is 0.949. The van der Waals surface area contributed by atoms with Gasteiger partial charge in [0.2, 0.25) is 0 Å². The highest BCUT2D eigenvalue weighted by molar-refractivity contribution is 5.80. The van der Waals surface area contributed by atoms with E-state index in [-0.39, 0.29) is 0 Å². The molecule has 0 aliphatic carbocycles. The van der Waals surface area contributed by atoms with Gasteiger partial charge in [-0.15, -0.1) is 0 Å². The molecule has 12 heavy (non-hydrogen) atoms. The van der Waals surface area contributed by atoms with Crippen LogP contribution < -0.4 is 0 Å². The molecule has 0 aromatic heterocycles. The van der Waals surface area contributed by atoms with Crippen molar-refractivity contribution in [1.82, 2.24) is 4.90 Å². The molecular formula is C8H13NO3. The van der Waals surface area contributed by atoms with Gasteiger partial charge in [-0.3, -0.25) is 9.69 Å². The van der Waals surface area contributed by atoms with Crippen LogP contribution in [0.1, 0.15) is 12.8 Å². The Balaban J connectivity index is 2.10. The molecule has 0 bridgehead atoms. The zero-order valence-corrected chi connectivity index (χ0v) is 6.95. The van der Waals surface area contributed by atoms with E-state index in [1.807, 2.05) is 4.90 Å². The molecule has 2 aliphatic rings. The Morgan fingerprint density at radius 2 is 1.92 bits per heavy atom. The number of ether oxygens (including phenoxy) is 1. The lowest BCUT2D eigenvalue weighted by atomic mass is 9.96. The summed E-state index contributed by atoms with van der Waals surface area (Å²) in [6.45, 7) is 2.55. The van der Waals surface area contributed by atoms with E-state index in [0.29, 0.717) is 13.2 Å². The van der Waals surface area contributed by atoms with Gasteiger partial charge < -0.3 is 9.84 Å². The number of hydrogen-bond acceptors (Lipinski definition) is 3. The normalized spacial score (nSPS) is 28.3. The van der Waals surface area contributed by atoms with Gasteiger partial charge in [0.25, 0.3) is 0 Å². The summed E-state index contributed by atoms with van der Waals surface area (Å²) in [7, 11) is 0. The van der Waals surface area contributed by atoms with E-state index in [2.05, 4.69) is 0 Å². The molecule has 4 heteroatoms. The molecule has 2 heterocycles. The first-order valence-electron chi connectivity index (χ1n) is 4.32. The van der Waals surface area contributed by atoms with Crippen LogP contribution in [0.4, 0.5) is 0 Å². The molecule has 0 spiro atoms. The van der Waals surface area contributed by atoms with Crippen molar-refractivity contribution in [2.75, 3.05) is 26.3 Å². The van der Waals surface area contributed by atoms with Crippen molar-refractivity contribution in [3.8, 4) is 0 Å². The van der Waals surface area contributed by atoms with E-state index >= 15 is 0 Å². The molecule has 0 atom stereocenters. The van der Waals surface area contributed by atoms with Crippen molar-refractivity contribution in [1.29, 1.82) is 0 Å². The van der Waals surface area contributed by atoms with E-state index in [1.165, 1.54) is 0 Å². The van der Waals surface area contributed by atoms with Crippen molar-refractivity contribution < 1.29 is 14.6 Å². The van der Waals surface area contributed by atoms with Crippen LogP contribution in [0.15, 0.2) is 0 Å². The SMILES string of the molecule is O=C(O)C1(N2CCCC2)COC1. The van der Waals surface area contributed by atoms with Gasteiger partial charge >= 0.3 is 5.97 Å². The van der Waals surface area contributed by atoms with Crippen LogP contribution in [0.3, 0.4) is 0 Å². The predicted octanol–water partition coefficient (Wildman–Crippen LogP) is -0.0642. The fraction of sp³-hybridized carbons (Fsp3) is 0.875. The molecule has 0 amide bonds. The van der Waals surface area contributed by atoms with Gasteiger partial charge in [0.15, 0.2) is 5.54 Å². The summed E-state index contributed by atoms with van der Waals surface area (Å²) in [4.78, 5) is 13.0. The second kappa shape index (κ2) is 2.71. The maximum absolute atomic E-state index is 11.0. The topological polar surface area (TPSA) is 49.8 Å². The standard InChI is InChI=1S/C8H13NO3/c10-7(11)8(5-12-6-8)9-3-1-2-4-9/h1-6H2,(H,10,11). The molecule has 2 rings (SSSR count). The van der Waals surface area contributed by atoms with Gasteiger partial charge in [0.05, 0.1) is 13.2 Å². The summed E-state index contributed by atoms with van der Waals surface area (Å²) in [5, 5.41) is 9.02. The number of rotatable bonds is 2. The minimum atomic E-state index is -0.726. The van der Waals surface area contributed by atoms with E-state index < -0.39 is 11.5 Å². The van der Waals surface area contributed by atoms with E-state index in [4.69, 9.17) is 9.84 Å². The molecule has 2 saturated heterocycles. The van der Waals surface area contributed by atoms with Gasteiger partial charge in [-0.05, 0) is 25.9 Å². The minimum absolute atomic E-state index is 0.363. The second-order valence-electron chi connectivity index (χ2n) is 3.52.